The predicted molar refractivity (Wildman–Crippen MR) is 121 cm³/mol. The van der Waals surface area contributed by atoms with Crippen molar-refractivity contribution in [2.24, 2.45) is 5.92 Å². The van der Waals surface area contributed by atoms with Crippen LogP contribution < -0.4 is 4.90 Å². The Morgan fingerprint density at radius 2 is 1.69 bits per heavy atom. The summed E-state index contributed by atoms with van der Waals surface area (Å²) < 4.78 is 110. The number of aromatic nitrogens is 4. The smallest absolute Gasteiger partial charge is 0.344 e. The van der Waals surface area contributed by atoms with Crippen molar-refractivity contribution in [1.82, 2.24) is 19.7 Å². The molecule has 4 heterocycles. The maximum atomic E-state index is 14.0. The minimum atomic E-state index is -5.12. The Kier molecular flexibility index (Phi) is 5.58. The highest BCUT2D eigenvalue weighted by Gasteiger charge is 2.65. The Morgan fingerprint density at radius 1 is 0.974 bits per heavy atom. The highest BCUT2D eigenvalue weighted by molar-refractivity contribution is 5.52. The number of ether oxygens (including phenoxy) is 2. The number of halogens is 7. The van der Waals surface area contributed by atoms with Gasteiger partial charge >= 0.3 is 12.4 Å². The molecule has 2 aliphatic heterocycles. The van der Waals surface area contributed by atoms with Gasteiger partial charge < -0.3 is 14.4 Å². The van der Waals surface area contributed by atoms with Crippen LogP contribution in [0.1, 0.15) is 49.0 Å². The molecule has 208 valence electrons. The summed E-state index contributed by atoms with van der Waals surface area (Å²) in [5.74, 6) is -2.13. The summed E-state index contributed by atoms with van der Waals surface area (Å²) in [6.45, 7) is 4.95. The van der Waals surface area contributed by atoms with Gasteiger partial charge in [-0.05, 0) is 63.1 Å². The van der Waals surface area contributed by atoms with Gasteiger partial charge in [-0.25, -0.2) is 9.37 Å². The Bertz CT molecular complexity index is 1400. The first-order valence-corrected chi connectivity index (χ1v) is 12.1. The van der Waals surface area contributed by atoms with Crippen molar-refractivity contribution >= 4 is 5.82 Å². The average Bonchev–Trinajstić information content (AvgIpc) is 3.58. The lowest BCUT2D eigenvalue weighted by atomic mass is 9.93. The fraction of sp³-hybridized carbons (Fsp3) is 0.480. The number of fused-ring (bicyclic) bond motifs is 5. The molecular weight excluding hydrogens is 535 g/mol. The first-order chi connectivity index (χ1) is 18.1. The Morgan fingerprint density at radius 3 is 2.36 bits per heavy atom. The van der Waals surface area contributed by atoms with E-state index in [1.54, 1.807) is 31.4 Å². The molecule has 3 aromatic rings. The van der Waals surface area contributed by atoms with Gasteiger partial charge in [0.1, 0.15) is 29.8 Å². The maximum absolute atomic E-state index is 14.0. The number of aryl methyl sites for hydroxylation is 1. The maximum Gasteiger partial charge on any atom is 0.433 e. The van der Waals surface area contributed by atoms with Gasteiger partial charge in [0.15, 0.2) is 11.6 Å². The van der Waals surface area contributed by atoms with Crippen LogP contribution >= 0.6 is 0 Å². The molecule has 1 aliphatic carbocycles. The number of benzene rings is 1. The lowest BCUT2D eigenvalue weighted by Gasteiger charge is -2.40. The molecule has 2 aromatic heterocycles. The molecule has 0 unspecified atom stereocenters. The predicted octanol–water partition coefficient (Wildman–Crippen LogP) is 5.62. The van der Waals surface area contributed by atoms with Crippen LogP contribution in [-0.2, 0) is 21.8 Å². The fourth-order valence-corrected chi connectivity index (χ4v) is 5.99. The van der Waals surface area contributed by atoms with E-state index < -0.39 is 71.2 Å². The quantitative estimate of drug-likeness (QED) is 0.390. The van der Waals surface area contributed by atoms with E-state index >= 15 is 0 Å². The topological polar surface area (TPSA) is 65.3 Å². The number of rotatable bonds is 3. The summed E-state index contributed by atoms with van der Waals surface area (Å²) >= 11 is 0. The normalized spacial score (nSPS) is 27.8. The molecule has 1 aromatic carbocycles. The molecule has 0 N–H and O–H groups in total. The van der Waals surface area contributed by atoms with E-state index in [1.165, 1.54) is 23.4 Å². The van der Waals surface area contributed by atoms with Gasteiger partial charge in [-0.2, -0.15) is 26.3 Å². The van der Waals surface area contributed by atoms with Crippen LogP contribution in [0.3, 0.4) is 0 Å². The van der Waals surface area contributed by atoms with Crippen LogP contribution in [0.5, 0.6) is 0 Å². The van der Waals surface area contributed by atoms with Gasteiger partial charge in [-0.15, -0.1) is 10.2 Å². The van der Waals surface area contributed by atoms with Gasteiger partial charge in [0.25, 0.3) is 0 Å². The van der Waals surface area contributed by atoms with E-state index in [4.69, 9.17) is 9.47 Å². The molecule has 5 atom stereocenters. The van der Waals surface area contributed by atoms with Crippen molar-refractivity contribution in [2.75, 3.05) is 4.90 Å². The van der Waals surface area contributed by atoms with Crippen LogP contribution in [-0.4, -0.2) is 43.8 Å². The molecule has 39 heavy (non-hydrogen) atoms. The number of pyridine rings is 1. The fourth-order valence-electron chi connectivity index (χ4n) is 5.99. The van der Waals surface area contributed by atoms with E-state index in [1.807, 2.05) is 0 Å². The van der Waals surface area contributed by atoms with E-state index in [-0.39, 0.29) is 11.9 Å². The first-order valence-electron chi connectivity index (χ1n) is 12.1. The van der Waals surface area contributed by atoms with Gasteiger partial charge in [0.05, 0.1) is 23.8 Å². The summed E-state index contributed by atoms with van der Waals surface area (Å²) in [5.41, 5.74) is -2.33. The number of piperidine rings is 1. The first kappa shape index (κ1) is 26.0. The number of anilines is 1. The van der Waals surface area contributed by atoms with E-state index in [9.17, 15) is 30.7 Å². The summed E-state index contributed by atoms with van der Waals surface area (Å²) in [4.78, 5) is 5.07. The SMILES string of the molecule is Cc1cc(-n2cnnc2[C@@H]2[C@@H]3C[C@@H]([C@H]4OC(C)(C)O[C@@H]34)N2c2cc(C(F)(F)F)cc(C(F)(F)F)n2)ccc1F. The Labute approximate surface area is 217 Å². The van der Waals surface area contributed by atoms with Crippen LogP contribution in [0.25, 0.3) is 5.69 Å². The molecule has 7 nitrogen and oxygen atoms in total. The highest BCUT2D eigenvalue weighted by atomic mass is 19.4. The molecule has 0 radical (unpaired) electrons. The van der Waals surface area contributed by atoms with E-state index in [0.29, 0.717) is 23.7 Å². The molecule has 6 rings (SSSR count). The summed E-state index contributed by atoms with van der Waals surface area (Å²) in [7, 11) is 0. The van der Waals surface area contributed by atoms with Crippen molar-refractivity contribution < 1.29 is 40.2 Å². The van der Waals surface area contributed by atoms with Crippen LogP contribution in [0.4, 0.5) is 36.6 Å². The molecule has 3 fully saturated rings. The molecule has 3 aliphatic rings. The highest BCUT2D eigenvalue weighted by Crippen LogP contribution is 2.57. The largest absolute Gasteiger partial charge is 0.433 e. The third-order valence-electron chi connectivity index (χ3n) is 7.49. The molecule has 2 bridgehead atoms. The lowest BCUT2D eigenvalue weighted by molar-refractivity contribution is -0.154. The van der Waals surface area contributed by atoms with E-state index in [2.05, 4.69) is 15.2 Å². The second kappa shape index (κ2) is 8.37. The molecule has 14 heteroatoms. The molecule has 2 saturated heterocycles. The molecule has 0 amide bonds. The standard InChI is InChI=1S/C25H22F7N5O2/c1-11-6-13(4-5-15(11)26)36-10-33-35-22(36)19-14-9-16(21-20(14)38-23(2,3)39-21)37(19)18-8-12(24(27,28)29)7-17(34-18)25(30,31)32/h4-8,10,14,16,19-21H,9H2,1-3H3/t14-,16-,19-,20-,21+/m0/s1. The Balaban J connectivity index is 1.53. The zero-order valence-corrected chi connectivity index (χ0v) is 20.8. The minimum absolute atomic E-state index is 0.00226. The third-order valence-corrected chi connectivity index (χ3v) is 7.49. The number of alkyl halides is 6. The van der Waals surface area contributed by atoms with Gasteiger partial charge in [0.2, 0.25) is 0 Å². The van der Waals surface area contributed by atoms with Crippen molar-refractivity contribution in [1.29, 1.82) is 0 Å². The second-order valence-electron chi connectivity index (χ2n) is 10.5. The molecule has 1 saturated carbocycles. The van der Waals surface area contributed by atoms with Crippen molar-refractivity contribution in [3.63, 3.8) is 0 Å². The number of nitrogens with zero attached hydrogens (tertiary/aromatic N) is 5. The second-order valence-corrected chi connectivity index (χ2v) is 10.5. The third kappa shape index (κ3) is 4.24. The Hall–Kier alpha value is -3.26. The minimum Gasteiger partial charge on any atom is -0.344 e. The monoisotopic (exact) mass is 557 g/mol. The van der Waals surface area contributed by atoms with Gasteiger partial charge in [-0.3, -0.25) is 4.57 Å². The lowest BCUT2D eigenvalue weighted by Crippen LogP contribution is -2.50. The summed E-state index contributed by atoms with van der Waals surface area (Å²) in [6, 6.07) is 3.38. The van der Waals surface area contributed by atoms with Gasteiger partial charge in [-0.1, -0.05) is 0 Å². The molecular formula is C25H22F7N5O2. The van der Waals surface area contributed by atoms with Crippen molar-refractivity contribution in [3.8, 4) is 5.69 Å². The van der Waals surface area contributed by atoms with Crippen LogP contribution in [0.2, 0.25) is 0 Å². The summed E-state index contributed by atoms with van der Waals surface area (Å²) in [5, 5.41) is 8.20. The van der Waals surface area contributed by atoms with Gasteiger partial charge in [0, 0.05) is 11.6 Å². The number of hydrogen-bond acceptors (Lipinski definition) is 6. The average molecular weight is 557 g/mol. The zero-order valence-electron chi connectivity index (χ0n) is 20.8. The van der Waals surface area contributed by atoms with Crippen LogP contribution in [0, 0.1) is 18.7 Å². The molecule has 0 spiro atoms. The van der Waals surface area contributed by atoms with E-state index in [0.717, 1.165) is 0 Å². The summed E-state index contributed by atoms with van der Waals surface area (Å²) in [6.07, 6.45) is -9.55. The number of hydrogen-bond donors (Lipinski definition) is 0. The van der Waals surface area contributed by atoms with Crippen molar-refractivity contribution in [3.05, 3.63) is 65.1 Å². The zero-order chi connectivity index (χ0) is 28.1. The van der Waals surface area contributed by atoms with Crippen molar-refractivity contribution in [2.45, 2.75) is 69.6 Å². The van der Waals surface area contributed by atoms with Crippen LogP contribution in [0.15, 0.2) is 36.7 Å².